The van der Waals surface area contributed by atoms with Crippen LogP contribution in [0.4, 0.5) is 0 Å². The first kappa shape index (κ1) is 13.4. The summed E-state index contributed by atoms with van der Waals surface area (Å²) in [5.74, 6) is -0.293. The van der Waals surface area contributed by atoms with Gasteiger partial charge in [-0.15, -0.1) is 0 Å². The lowest BCUT2D eigenvalue weighted by molar-refractivity contribution is -0.596. The molecule has 0 aromatic rings. The fourth-order valence-electron chi connectivity index (χ4n) is 1.05. The third kappa shape index (κ3) is 4.99. The zero-order chi connectivity index (χ0) is 11.8. The number of hydroxylamine groups is 1. The van der Waals surface area contributed by atoms with Crippen LogP contribution in [0.2, 0.25) is 0 Å². The molecule has 1 amide bonds. The van der Waals surface area contributed by atoms with E-state index in [2.05, 4.69) is 10.6 Å². The van der Waals surface area contributed by atoms with Crippen molar-refractivity contribution in [2.45, 2.75) is 26.8 Å². The van der Waals surface area contributed by atoms with Gasteiger partial charge >= 0.3 is 0 Å². The lowest BCUT2D eigenvalue weighted by Gasteiger charge is -2.16. The van der Waals surface area contributed by atoms with E-state index in [1.54, 1.807) is 13.0 Å². The zero-order valence-corrected chi connectivity index (χ0v) is 9.17. The Morgan fingerprint density at radius 3 is 2.67 bits per heavy atom. The highest BCUT2D eigenvalue weighted by atomic mass is 16.6. The molecular formula is C9H17N3O3. The summed E-state index contributed by atoms with van der Waals surface area (Å²) >= 11 is 0. The second-order valence-electron chi connectivity index (χ2n) is 3.45. The van der Waals surface area contributed by atoms with E-state index < -0.39 is 6.04 Å². The van der Waals surface area contributed by atoms with Gasteiger partial charge in [0.1, 0.15) is 0 Å². The van der Waals surface area contributed by atoms with Crippen LogP contribution in [0.3, 0.4) is 0 Å². The van der Waals surface area contributed by atoms with Gasteiger partial charge in [-0.05, 0) is 13.0 Å². The maximum atomic E-state index is 11.1. The average molecular weight is 215 g/mol. The van der Waals surface area contributed by atoms with Crippen LogP contribution in [0.5, 0.6) is 0 Å². The zero-order valence-electron chi connectivity index (χ0n) is 9.17. The minimum absolute atomic E-state index is 0.0238. The Bertz CT molecular complexity index is 261. The number of nitrogens with one attached hydrogen (secondary N) is 1. The topological polar surface area (TPSA) is 87.8 Å². The Morgan fingerprint density at radius 2 is 2.27 bits per heavy atom. The van der Waals surface area contributed by atoms with Gasteiger partial charge < -0.3 is 15.7 Å². The molecule has 6 heteroatoms. The van der Waals surface area contributed by atoms with Gasteiger partial charge in [0.2, 0.25) is 11.9 Å². The van der Waals surface area contributed by atoms with E-state index in [-0.39, 0.29) is 23.2 Å². The monoisotopic (exact) mass is 215 g/mol. The molecule has 86 valence electrons. The van der Waals surface area contributed by atoms with E-state index in [9.17, 15) is 10.0 Å². The summed E-state index contributed by atoms with van der Waals surface area (Å²) in [6.07, 6.45) is 2.97. The van der Waals surface area contributed by atoms with Gasteiger partial charge in [-0.25, -0.2) is 0 Å². The minimum atomic E-state index is -0.566. The first-order valence-corrected chi connectivity index (χ1v) is 4.74. The number of carbonyl (C=O) groups is 1. The number of amides is 1. The normalized spacial score (nSPS) is 14.5. The Balaban J connectivity index is 4.26. The number of rotatable bonds is 5. The molecule has 0 heterocycles. The molecule has 0 unspecified atom stereocenters. The highest BCUT2D eigenvalue weighted by molar-refractivity contribution is 5.87. The molecule has 0 saturated heterocycles. The van der Waals surface area contributed by atoms with Crippen LogP contribution in [-0.2, 0) is 4.79 Å². The van der Waals surface area contributed by atoms with Crippen molar-refractivity contribution < 1.29 is 14.9 Å². The summed E-state index contributed by atoms with van der Waals surface area (Å²) in [6.45, 7) is 5.49. The molecule has 0 aliphatic rings. The summed E-state index contributed by atoms with van der Waals surface area (Å²) in [6, 6.07) is -0.566. The van der Waals surface area contributed by atoms with Crippen LogP contribution >= 0.6 is 0 Å². The first-order valence-electron chi connectivity index (χ1n) is 4.74. The lowest BCUT2D eigenvalue weighted by Crippen LogP contribution is -2.39. The Labute approximate surface area is 88.8 Å². The molecule has 15 heavy (non-hydrogen) atoms. The van der Waals surface area contributed by atoms with Crippen LogP contribution in [0.15, 0.2) is 17.4 Å². The van der Waals surface area contributed by atoms with Crippen LogP contribution in [0.1, 0.15) is 20.8 Å². The van der Waals surface area contributed by atoms with Gasteiger partial charge in [-0.3, -0.25) is 4.79 Å². The van der Waals surface area contributed by atoms with Crippen LogP contribution < -0.4 is 5.32 Å². The van der Waals surface area contributed by atoms with Crippen molar-refractivity contribution in [2.75, 3.05) is 6.54 Å². The summed E-state index contributed by atoms with van der Waals surface area (Å²) in [4.78, 5) is 11.3. The fraction of sp³-hybridized carbons (Fsp3) is 0.667. The maximum absolute atomic E-state index is 11.1. The van der Waals surface area contributed by atoms with Gasteiger partial charge in [-0.2, -0.15) is 0 Å². The number of hydrogen-bond acceptors (Lipinski definition) is 3. The second kappa shape index (κ2) is 6.80. The van der Waals surface area contributed by atoms with Crippen molar-refractivity contribution in [2.24, 2.45) is 11.2 Å². The molecule has 0 aliphatic heterocycles. The van der Waals surface area contributed by atoms with E-state index >= 15 is 0 Å². The highest BCUT2D eigenvalue weighted by Gasteiger charge is 2.23. The van der Waals surface area contributed by atoms with Crippen molar-refractivity contribution >= 4 is 5.91 Å². The summed E-state index contributed by atoms with van der Waals surface area (Å²) in [5.41, 5.74) is 0. The van der Waals surface area contributed by atoms with Crippen molar-refractivity contribution in [1.29, 1.82) is 0 Å². The van der Waals surface area contributed by atoms with Gasteiger partial charge in [0, 0.05) is 5.92 Å². The lowest BCUT2D eigenvalue weighted by atomic mass is 10.1. The SMILES string of the molecule is C/C=C/C(=O)NC[C@H](C(C)C)/[N+]([O-])=N/O. The third-order valence-corrected chi connectivity index (χ3v) is 1.94. The molecule has 1 atom stereocenters. The second-order valence-corrected chi connectivity index (χ2v) is 3.45. The highest BCUT2D eigenvalue weighted by Crippen LogP contribution is 2.04. The van der Waals surface area contributed by atoms with E-state index in [0.29, 0.717) is 0 Å². The molecule has 2 N–H and O–H groups in total. The van der Waals surface area contributed by atoms with Gasteiger partial charge in [0.25, 0.3) is 0 Å². The summed E-state index contributed by atoms with van der Waals surface area (Å²) < 4.78 is 0. The summed E-state index contributed by atoms with van der Waals surface area (Å²) in [5, 5.41) is 24.5. The first-order chi connectivity index (χ1) is 7.02. The van der Waals surface area contributed by atoms with E-state index in [1.807, 2.05) is 13.8 Å². The van der Waals surface area contributed by atoms with Crippen molar-refractivity contribution in [3.63, 3.8) is 0 Å². The van der Waals surface area contributed by atoms with Gasteiger partial charge in [-0.1, -0.05) is 24.8 Å². The van der Waals surface area contributed by atoms with Crippen LogP contribution in [0, 0.1) is 11.1 Å². The van der Waals surface area contributed by atoms with E-state index in [4.69, 9.17) is 5.21 Å². The fourth-order valence-corrected chi connectivity index (χ4v) is 1.05. The molecule has 0 fully saturated rings. The van der Waals surface area contributed by atoms with E-state index in [1.165, 1.54) is 6.08 Å². The number of nitrogens with zero attached hydrogens (tertiary/aromatic N) is 2. The number of hydrogen-bond donors (Lipinski definition) is 2. The van der Waals surface area contributed by atoms with Gasteiger partial charge in [0.15, 0.2) is 5.28 Å². The molecule has 0 aliphatic carbocycles. The molecule has 0 rings (SSSR count). The molecular weight excluding hydrogens is 198 g/mol. The maximum Gasteiger partial charge on any atom is 0.243 e. The Kier molecular flexibility index (Phi) is 6.08. The van der Waals surface area contributed by atoms with Crippen molar-refractivity contribution in [3.05, 3.63) is 17.4 Å². The largest absolute Gasteiger partial charge is 0.597 e. The molecule has 0 aromatic heterocycles. The predicted molar refractivity (Wildman–Crippen MR) is 54.3 cm³/mol. The van der Waals surface area contributed by atoms with Crippen molar-refractivity contribution in [1.82, 2.24) is 5.32 Å². The number of allylic oxidation sites excluding steroid dienone is 1. The van der Waals surface area contributed by atoms with Crippen LogP contribution in [0.25, 0.3) is 0 Å². The molecule has 0 bridgehead atoms. The van der Waals surface area contributed by atoms with Crippen molar-refractivity contribution in [3.8, 4) is 0 Å². The number of carbonyl (C=O) groups excluding carboxylic acids is 1. The molecule has 0 spiro atoms. The third-order valence-electron chi connectivity index (χ3n) is 1.94. The molecule has 0 radical (unpaired) electrons. The smallest absolute Gasteiger partial charge is 0.243 e. The van der Waals surface area contributed by atoms with E-state index in [0.717, 1.165) is 0 Å². The quantitative estimate of drug-likeness (QED) is 0.311. The van der Waals surface area contributed by atoms with Gasteiger partial charge in [0.05, 0.1) is 6.54 Å². The average Bonchev–Trinajstić information content (AvgIpc) is 2.17. The van der Waals surface area contributed by atoms with Crippen LogP contribution in [-0.4, -0.2) is 28.6 Å². The molecule has 0 aromatic carbocycles. The minimum Gasteiger partial charge on any atom is -0.597 e. The Morgan fingerprint density at radius 1 is 1.67 bits per heavy atom. The predicted octanol–water partition coefficient (Wildman–Crippen LogP) is 1.05. The molecule has 6 nitrogen and oxygen atoms in total. The Hall–Kier alpha value is -1.59. The standard InChI is InChI=1S/C9H17N3O3/c1-4-5-9(13)10-6-8(7(2)3)12(15)11-14/h4-5,7-8,14H,6H2,1-3H3,(H,10,13)/b5-4+,12-11-/t8-/m1/s1. The molecule has 0 saturated carbocycles. The summed E-state index contributed by atoms with van der Waals surface area (Å²) in [7, 11) is 0.